The summed E-state index contributed by atoms with van der Waals surface area (Å²) in [5.41, 5.74) is 3.68. The minimum atomic E-state index is -0.311. The number of rotatable bonds is 5. The number of nitrogens with zero attached hydrogens (tertiary/aromatic N) is 1. The predicted octanol–water partition coefficient (Wildman–Crippen LogP) is 4.75. The van der Waals surface area contributed by atoms with E-state index in [1.165, 1.54) is 7.05 Å². The number of likely N-dealkylation sites (N-methyl/N-ethyl adjacent to an activating group) is 1. The summed E-state index contributed by atoms with van der Waals surface area (Å²) in [5, 5.41) is 2.53. The number of hydrogen-bond acceptors (Lipinski definition) is 5. The summed E-state index contributed by atoms with van der Waals surface area (Å²) in [6.45, 7) is 3.86. The zero-order chi connectivity index (χ0) is 21.1. The number of ether oxygens (including phenoxy) is 1. The zero-order valence-corrected chi connectivity index (χ0v) is 18.5. The number of nitrogens with one attached hydrogen (secondary N) is 1. The highest BCUT2D eigenvalue weighted by molar-refractivity contribution is 9.10. The SMILES string of the molecule is Cc1cc(Br)c(NC(=O)COc2ccc(/C=C3/SC(=O)N(C)C3=O)cc2)cc1C. The molecule has 3 amide bonds. The van der Waals surface area contributed by atoms with Gasteiger partial charge in [0.1, 0.15) is 5.75 Å². The molecule has 0 aliphatic carbocycles. The summed E-state index contributed by atoms with van der Waals surface area (Å²) in [5.74, 6) is -0.0517. The molecule has 6 nitrogen and oxygen atoms in total. The summed E-state index contributed by atoms with van der Waals surface area (Å²) < 4.78 is 6.35. The van der Waals surface area contributed by atoms with Gasteiger partial charge < -0.3 is 10.1 Å². The first kappa shape index (κ1) is 21.1. The Hall–Kier alpha value is -2.58. The summed E-state index contributed by atoms with van der Waals surface area (Å²) in [6, 6.07) is 10.8. The molecule has 1 fully saturated rings. The van der Waals surface area contributed by atoms with Crippen LogP contribution in [-0.2, 0) is 9.59 Å². The van der Waals surface area contributed by atoms with Gasteiger partial charge in [-0.15, -0.1) is 0 Å². The van der Waals surface area contributed by atoms with Crippen molar-refractivity contribution >= 4 is 56.5 Å². The van der Waals surface area contributed by atoms with Crippen LogP contribution in [0, 0.1) is 13.8 Å². The molecule has 150 valence electrons. The summed E-state index contributed by atoms with van der Waals surface area (Å²) in [7, 11) is 1.46. The fraction of sp³-hybridized carbons (Fsp3) is 0.190. The van der Waals surface area contributed by atoms with Gasteiger partial charge in [-0.3, -0.25) is 19.3 Å². The smallest absolute Gasteiger partial charge is 0.293 e. The van der Waals surface area contributed by atoms with E-state index in [0.29, 0.717) is 16.3 Å². The van der Waals surface area contributed by atoms with Crippen LogP contribution in [0.4, 0.5) is 10.5 Å². The molecule has 29 heavy (non-hydrogen) atoms. The number of amides is 3. The number of thioether (sulfide) groups is 1. The molecule has 0 unspecified atom stereocenters. The van der Waals surface area contributed by atoms with E-state index in [1.807, 2.05) is 26.0 Å². The molecule has 0 atom stereocenters. The monoisotopic (exact) mass is 474 g/mol. The van der Waals surface area contributed by atoms with Crippen molar-refractivity contribution in [2.75, 3.05) is 19.0 Å². The Morgan fingerprint density at radius 3 is 2.45 bits per heavy atom. The van der Waals surface area contributed by atoms with Crippen molar-refractivity contribution in [2.45, 2.75) is 13.8 Å². The van der Waals surface area contributed by atoms with Gasteiger partial charge in [0, 0.05) is 11.5 Å². The van der Waals surface area contributed by atoms with Crippen LogP contribution in [0.2, 0.25) is 0 Å². The highest BCUT2D eigenvalue weighted by Crippen LogP contribution is 2.31. The number of halogens is 1. The van der Waals surface area contributed by atoms with Gasteiger partial charge in [0.2, 0.25) is 0 Å². The Balaban J connectivity index is 1.58. The highest BCUT2D eigenvalue weighted by Gasteiger charge is 2.31. The molecule has 2 aromatic carbocycles. The second-order valence-electron chi connectivity index (χ2n) is 6.56. The second-order valence-corrected chi connectivity index (χ2v) is 8.41. The van der Waals surface area contributed by atoms with Crippen LogP contribution in [0.25, 0.3) is 6.08 Å². The molecule has 0 bridgehead atoms. The fourth-order valence-electron chi connectivity index (χ4n) is 2.57. The van der Waals surface area contributed by atoms with E-state index in [2.05, 4.69) is 21.2 Å². The Bertz CT molecular complexity index is 1020. The number of benzene rings is 2. The van der Waals surface area contributed by atoms with Crippen LogP contribution < -0.4 is 10.1 Å². The van der Waals surface area contributed by atoms with Crippen molar-refractivity contribution in [3.63, 3.8) is 0 Å². The van der Waals surface area contributed by atoms with Crippen molar-refractivity contribution in [1.29, 1.82) is 0 Å². The molecular weight excluding hydrogens is 456 g/mol. The Morgan fingerprint density at radius 2 is 1.83 bits per heavy atom. The Morgan fingerprint density at radius 1 is 1.17 bits per heavy atom. The Labute approximate surface area is 181 Å². The van der Waals surface area contributed by atoms with E-state index in [0.717, 1.165) is 37.8 Å². The van der Waals surface area contributed by atoms with Crippen molar-refractivity contribution in [3.05, 3.63) is 62.5 Å². The maximum atomic E-state index is 12.2. The summed E-state index contributed by atoms with van der Waals surface area (Å²) in [6.07, 6.45) is 1.65. The number of anilines is 1. The second kappa shape index (κ2) is 8.84. The summed E-state index contributed by atoms with van der Waals surface area (Å²) >= 11 is 4.36. The maximum Gasteiger partial charge on any atom is 0.293 e. The third-order valence-corrected chi connectivity index (χ3v) is 6.01. The molecular formula is C21H19BrN2O4S. The van der Waals surface area contributed by atoms with Gasteiger partial charge in [0.25, 0.3) is 17.1 Å². The van der Waals surface area contributed by atoms with Gasteiger partial charge in [0.15, 0.2) is 6.61 Å². The van der Waals surface area contributed by atoms with Crippen LogP contribution in [0.1, 0.15) is 16.7 Å². The molecule has 3 rings (SSSR count). The lowest BCUT2D eigenvalue weighted by Crippen LogP contribution is -2.22. The van der Waals surface area contributed by atoms with E-state index < -0.39 is 0 Å². The summed E-state index contributed by atoms with van der Waals surface area (Å²) in [4.78, 5) is 37.1. The number of carbonyl (C=O) groups is 3. The lowest BCUT2D eigenvalue weighted by atomic mass is 10.1. The lowest BCUT2D eigenvalue weighted by Gasteiger charge is -2.11. The van der Waals surface area contributed by atoms with Crippen molar-refractivity contribution in [1.82, 2.24) is 4.90 Å². The van der Waals surface area contributed by atoms with Gasteiger partial charge in [-0.1, -0.05) is 12.1 Å². The number of imide groups is 1. The first-order chi connectivity index (χ1) is 13.7. The fourth-order valence-corrected chi connectivity index (χ4v) is 3.95. The van der Waals surface area contributed by atoms with Gasteiger partial charge in [-0.2, -0.15) is 0 Å². The third kappa shape index (κ3) is 5.07. The van der Waals surface area contributed by atoms with E-state index in [9.17, 15) is 14.4 Å². The molecule has 1 N–H and O–H groups in total. The van der Waals surface area contributed by atoms with Gasteiger partial charge in [-0.05, 0) is 88.6 Å². The zero-order valence-electron chi connectivity index (χ0n) is 16.1. The molecule has 0 spiro atoms. The average molecular weight is 475 g/mol. The van der Waals surface area contributed by atoms with Crippen molar-refractivity contribution in [3.8, 4) is 5.75 Å². The number of hydrogen-bond donors (Lipinski definition) is 1. The first-order valence-electron chi connectivity index (χ1n) is 8.75. The van der Waals surface area contributed by atoms with Crippen molar-refractivity contribution < 1.29 is 19.1 Å². The average Bonchev–Trinajstić information content (AvgIpc) is 2.92. The third-order valence-electron chi connectivity index (χ3n) is 4.39. The minimum Gasteiger partial charge on any atom is -0.484 e. The number of carbonyl (C=O) groups excluding carboxylic acids is 3. The van der Waals surface area contributed by atoms with E-state index >= 15 is 0 Å². The molecule has 0 saturated carbocycles. The van der Waals surface area contributed by atoms with Crippen LogP contribution in [0.15, 0.2) is 45.8 Å². The standard InChI is InChI=1S/C21H19BrN2O4S/c1-12-8-16(22)17(9-13(12)2)23-19(25)11-28-15-6-4-14(5-7-15)10-18-20(26)24(3)21(27)29-18/h4-10H,11H2,1-3H3,(H,23,25)/b18-10+. The highest BCUT2D eigenvalue weighted by atomic mass is 79.9. The van der Waals surface area contributed by atoms with E-state index in [4.69, 9.17) is 4.74 Å². The van der Waals surface area contributed by atoms with Crippen LogP contribution in [0.3, 0.4) is 0 Å². The first-order valence-corrected chi connectivity index (χ1v) is 10.4. The maximum absolute atomic E-state index is 12.2. The quantitative estimate of drug-likeness (QED) is 0.632. The largest absolute Gasteiger partial charge is 0.484 e. The van der Waals surface area contributed by atoms with Gasteiger partial charge >= 0.3 is 0 Å². The Kier molecular flexibility index (Phi) is 6.44. The topological polar surface area (TPSA) is 75.7 Å². The molecule has 0 aromatic heterocycles. The van der Waals surface area contributed by atoms with Crippen LogP contribution in [-0.4, -0.2) is 35.6 Å². The van der Waals surface area contributed by atoms with Crippen molar-refractivity contribution in [2.24, 2.45) is 0 Å². The van der Waals surface area contributed by atoms with Gasteiger partial charge in [-0.25, -0.2) is 0 Å². The van der Waals surface area contributed by atoms with Crippen LogP contribution in [0.5, 0.6) is 5.75 Å². The minimum absolute atomic E-state index is 0.132. The molecule has 0 radical (unpaired) electrons. The van der Waals surface area contributed by atoms with E-state index in [-0.39, 0.29) is 23.7 Å². The molecule has 1 aliphatic heterocycles. The number of aryl methyl sites for hydroxylation is 2. The van der Waals surface area contributed by atoms with E-state index in [1.54, 1.807) is 30.3 Å². The molecule has 1 saturated heterocycles. The normalized spacial score (nSPS) is 15.2. The molecule has 1 heterocycles. The molecule has 8 heteroatoms. The lowest BCUT2D eigenvalue weighted by molar-refractivity contribution is -0.121. The molecule has 2 aromatic rings. The van der Waals surface area contributed by atoms with Crippen LogP contribution >= 0.6 is 27.7 Å². The predicted molar refractivity (Wildman–Crippen MR) is 118 cm³/mol. The van der Waals surface area contributed by atoms with Gasteiger partial charge in [0.05, 0.1) is 10.6 Å². The molecule has 1 aliphatic rings.